The third kappa shape index (κ3) is 2.74. The van der Waals surface area contributed by atoms with Crippen molar-refractivity contribution < 1.29 is 4.79 Å². The van der Waals surface area contributed by atoms with Crippen LogP contribution in [0.1, 0.15) is 57.8 Å². The number of likely N-dealkylation sites (tertiary alicyclic amines) is 1. The Morgan fingerprint density at radius 1 is 1.05 bits per heavy atom. The van der Waals surface area contributed by atoms with E-state index in [1.165, 1.54) is 57.8 Å². The maximum atomic E-state index is 12.8. The number of carbonyl (C=O) groups is 1. The van der Waals surface area contributed by atoms with Crippen molar-refractivity contribution in [1.29, 1.82) is 0 Å². The van der Waals surface area contributed by atoms with Crippen molar-refractivity contribution in [3.63, 3.8) is 0 Å². The van der Waals surface area contributed by atoms with Crippen LogP contribution in [0, 0.1) is 23.2 Å². The van der Waals surface area contributed by atoms with Crippen LogP contribution in [0.4, 0.5) is 0 Å². The average molecular weight is 290 g/mol. The normalized spacial score (nSPS) is 36.1. The molecule has 21 heavy (non-hydrogen) atoms. The van der Waals surface area contributed by atoms with Gasteiger partial charge < -0.3 is 10.2 Å². The lowest BCUT2D eigenvalue weighted by Gasteiger charge is -2.33. The first kappa shape index (κ1) is 14.0. The van der Waals surface area contributed by atoms with E-state index in [9.17, 15) is 4.79 Å². The Hall–Kier alpha value is -0.570. The molecule has 1 N–H and O–H groups in total. The van der Waals surface area contributed by atoms with Crippen LogP contribution in [-0.4, -0.2) is 37.0 Å². The molecule has 2 heterocycles. The minimum Gasteiger partial charge on any atom is -0.342 e. The zero-order valence-electron chi connectivity index (χ0n) is 13.3. The van der Waals surface area contributed by atoms with Crippen molar-refractivity contribution in [2.75, 3.05) is 26.2 Å². The molecule has 2 atom stereocenters. The second-order valence-electron chi connectivity index (χ2n) is 8.16. The van der Waals surface area contributed by atoms with Crippen LogP contribution < -0.4 is 5.32 Å². The first-order chi connectivity index (χ1) is 10.3. The summed E-state index contributed by atoms with van der Waals surface area (Å²) in [7, 11) is 0. The molecule has 2 saturated carbocycles. The monoisotopic (exact) mass is 290 g/mol. The summed E-state index contributed by atoms with van der Waals surface area (Å²) in [6.45, 7) is 4.39. The van der Waals surface area contributed by atoms with Gasteiger partial charge in [-0.05, 0) is 56.0 Å². The highest BCUT2D eigenvalue weighted by Gasteiger charge is 2.51. The number of nitrogens with one attached hydrogen (secondary N) is 1. The minimum absolute atomic E-state index is 0.407. The molecule has 3 heteroatoms. The van der Waals surface area contributed by atoms with Gasteiger partial charge in [0.25, 0.3) is 0 Å². The van der Waals surface area contributed by atoms with Crippen LogP contribution in [-0.2, 0) is 4.79 Å². The van der Waals surface area contributed by atoms with Gasteiger partial charge in [0, 0.05) is 19.0 Å². The Kier molecular flexibility index (Phi) is 3.72. The second kappa shape index (κ2) is 5.57. The molecule has 0 aromatic heterocycles. The highest BCUT2D eigenvalue weighted by molar-refractivity contribution is 5.82. The minimum atomic E-state index is 0.407. The second-order valence-corrected chi connectivity index (χ2v) is 8.16. The maximum Gasteiger partial charge on any atom is 0.226 e. The van der Waals surface area contributed by atoms with Crippen LogP contribution in [0.3, 0.4) is 0 Å². The van der Waals surface area contributed by atoms with Crippen LogP contribution in [0.25, 0.3) is 0 Å². The van der Waals surface area contributed by atoms with E-state index in [4.69, 9.17) is 0 Å². The summed E-state index contributed by atoms with van der Waals surface area (Å²) in [4.78, 5) is 15.0. The van der Waals surface area contributed by atoms with E-state index < -0.39 is 0 Å². The molecule has 0 radical (unpaired) electrons. The van der Waals surface area contributed by atoms with Gasteiger partial charge in [-0.15, -0.1) is 0 Å². The van der Waals surface area contributed by atoms with Crippen LogP contribution in [0.15, 0.2) is 0 Å². The largest absolute Gasteiger partial charge is 0.342 e. The number of hydrogen-bond acceptors (Lipinski definition) is 2. The molecule has 0 bridgehead atoms. The number of amides is 1. The van der Waals surface area contributed by atoms with Gasteiger partial charge in [0.1, 0.15) is 0 Å². The summed E-state index contributed by atoms with van der Waals surface area (Å²) in [5.41, 5.74) is 0.468. The standard InChI is InChI=1S/C18H30N2O/c21-17(16-12-15(16)14-4-2-1-3-5-14)20-11-8-18(13-20)6-9-19-10-7-18/h14-16,19H,1-13H2. The van der Waals surface area contributed by atoms with Crippen molar-refractivity contribution in [2.24, 2.45) is 23.2 Å². The zero-order chi connectivity index (χ0) is 14.3. The first-order valence-corrected chi connectivity index (χ1v) is 9.27. The van der Waals surface area contributed by atoms with Gasteiger partial charge in [0.15, 0.2) is 0 Å². The van der Waals surface area contributed by atoms with E-state index in [1.54, 1.807) is 0 Å². The van der Waals surface area contributed by atoms with Gasteiger partial charge >= 0.3 is 0 Å². The van der Waals surface area contributed by atoms with Gasteiger partial charge in [-0.3, -0.25) is 4.79 Å². The predicted octanol–water partition coefficient (Wildman–Crippen LogP) is 2.80. The summed E-state index contributed by atoms with van der Waals surface area (Å²) in [6, 6.07) is 0. The maximum absolute atomic E-state index is 12.8. The lowest BCUT2D eigenvalue weighted by Crippen LogP contribution is -2.40. The molecule has 2 unspecified atom stereocenters. The number of piperidine rings is 1. The number of nitrogens with zero attached hydrogens (tertiary/aromatic N) is 1. The quantitative estimate of drug-likeness (QED) is 0.848. The van der Waals surface area contributed by atoms with Crippen molar-refractivity contribution >= 4 is 5.91 Å². The molecule has 0 aromatic carbocycles. The highest BCUT2D eigenvalue weighted by Crippen LogP contribution is 2.51. The van der Waals surface area contributed by atoms with Crippen LogP contribution in [0.2, 0.25) is 0 Å². The molecule has 2 aliphatic heterocycles. The number of rotatable bonds is 2. The first-order valence-electron chi connectivity index (χ1n) is 9.27. The molecular formula is C18H30N2O. The summed E-state index contributed by atoms with van der Waals surface area (Å²) in [6.07, 6.45) is 12.0. The molecule has 4 rings (SSSR count). The molecule has 2 aliphatic carbocycles. The van der Waals surface area contributed by atoms with Crippen LogP contribution >= 0.6 is 0 Å². The average Bonchev–Trinajstić information content (AvgIpc) is 3.25. The molecular weight excluding hydrogens is 260 g/mol. The Morgan fingerprint density at radius 2 is 1.81 bits per heavy atom. The lowest BCUT2D eigenvalue weighted by molar-refractivity contribution is -0.132. The predicted molar refractivity (Wildman–Crippen MR) is 83.9 cm³/mol. The van der Waals surface area contributed by atoms with Gasteiger partial charge in [0.05, 0.1) is 0 Å². The summed E-state index contributed by atoms with van der Waals surface area (Å²) in [5, 5.41) is 3.46. The highest BCUT2D eigenvalue weighted by atomic mass is 16.2. The lowest BCUT2D eigenvalue weighted by atomic mass is 9.78. The zero-order valence-corrected chi connectivity index (χ0v) is 13.3. The van der Waals surface area contributed by atoms with E-state index in [-0.39, 0.29) is 0 Å². The van der Waals surface area contributed by atoms with Gasteiger partial charge in [-0.2, -0.15) is 0 Å². The third-order valence-corrected chi connectivity index (χ3v) is 6.83. The van der Waals surface area contributed by atoms with E-state index in [0.29, 0.717) is 17.2 Å². The van der Waals surface area contributed by atoms with Crippen molar-refractivity contribution in [1.82, 2.24) is 10.2 Å². The Labute approximate surface area is 128 Å². The van der Waals surface area contributed by atoms with Gasteiger partial charge in [0.2, 0.25) is 5.91 Å². The van der Waals surface area contributed by atoms with Crippen molar-refractivity contribution in [2.45, 2.75) is 57.8 Å². The fourth-order valence-electron chi connectivity index (χ4n) is 5.30. The third-order valence-electron chi connectivity index (χ3n) is 6.83. The van der Waals surface area contributed by atoms with Crippen LogP contribution in [0.5, 0.6) is 0 Å². The van der Waals surface area contributed by atoms with Crippen molar-refractivity contribution in [3.8, 4) is 0 Å². The van der Waals surface area contributed by atoms with E-state index in [1.807, 2.05) is 0 Å². The number of carbonyl (C=O) groups excluding carboxylic acids is 1. The molecule has 4 aliphatic rings. The summed E-state index contributed by atoms with van der Waals surface area (Å²) >= 11 is 0. The van der Waals surface area contributed by atoms with Gasteiger partial charge in [-0.25, -0.2) is 0 Å². The smallest absolute Gasteiger partial charge is 0.226 e. The van der Waals surface area contributed by atoms with E-state index in [2.05, 4.69) is 10.2 Å². The summed E-state index contributed by atoms with van der Waals surface area (Å²) in [5.74, 6) is 2.55. The Bertz CT molecular complexity index is 396. The molecule has 0 aromatic rings. The topological polar surface area (TPSA) is 32.3 Å². The Balaban J connectivity index is 1.32. The molecule has 2 saturated heterocycles. The molecule has 1 amide bonds. The van der Waals surface area contributed by atoms with E-state index in [0.717, 1.165) is 38.0 Å². The number of hydrogen-bond donors (Lipinski definition) is 1. The SMILES string of the molecule is O=C(C1CC1C1CCCCC1)N1CCC2(CCNCC2)C1. The fraction of sp³-hybridized carbons (Fsp3) is 0.944. The van der Waals surface area contributed by atoms with E-state index >= 15 is 0 Å². The molecule has 118 valence electrons. The Morgan fingerprint density at radius 3 is 2.57 bits per heavy atom. The van der Waals surface area contributed by atoms with Crippen molar-refractivity contribution in [3.05, 3.63) is 0 Å². The fourth-order valence-corrected chi connectivity index (χ4v) is 5.30. The van der Waals surface area contributed by atoms with Gasteiger partial charge in [-0.1, -0.05) is 32.1 Å². The summed E-state index contributed by atoms with van der Waals surface area (Å²) < 4.78 is 0. The molecule has 3 nitrogen and oxygen atoms in total. The molecule has 4 fully saturated rings. The molecule has 1 spiro atoms.